The van der Waals surface area contributed by atoms with Crippen LogP contribution in [0.4, 0.5) is 17.2 Å². The molecule has 3 aromatic rings. The lowest BCUT2D eigenvalue weighted by atomic mass is 10.1. The van der Waals surface area contributed by atoms with Gasteiger partial charge in [0.25, 0.3) is 10.0 Å². The average molecular weight is 383 g/mol. The highest BCUT2D eigenvalue weighted by atomic mass is 32.2. The molecule has 0 unspecified atom stereocenters. The van der Waals surface area contributed by atoms with Crippen molar-refractivity contribution in [1.29, 1.82) is 0 Å². The fourth-order valence-electron chi connectivity index (χ4n) is 2.51. The van der Waals surface area contributed by atoms with Gasteiger partial charge in [0, 0.05) is 0 Å². The summed E-state index contributed by atoms with van der Waals surface area (Å²) in [5.41, 5.74) is 3.47. The van der Waals surface area contributed by atoms with E-state index in [0.29, 0.717) is 11.4 Å². The molecule has 1 aromatic heterocycles. The number of pyridine rings is 1. The van der Waals surface area contributed by atoms with Crippen molar-refractivity contribution in [2.75, 3.05) is 17.1 Å². The van der Waals surface area contributed by atoms with E-state index in [4.69, 9.17) is 4.74 Å². The number of rotatable bonds is 6. The van der Waals surface area contributed by atoms with Crippen LogP contribution in [0.5, 0.6) is 5.75 Å². The van der Waals surface area contributed by atoms with Gasteiger partial charge in [-0.15, -0.1) is 0 Å². The highest BCUT2D eigenvalue weighted by molar-refractivity contribution is 7.92. The van der Waals surface area contributed by atoms with Gasteiger partial charge in [-0.25, -0.2) is 13.4 Å². The molecule has 3 rings (SSSR count). The number of nitrogens with zero attached hydrogens (tertiary/aromatic N) is 1. The van der Waals surface area contributed by atoms with Gasteiger partial charge < -0.3 is 10.1 Å². The number of aromatic nitrogens is 1. The van der Waals surface area contributed by atoms with Crippen LogP contribution in [-0.2, 0) is 10.0 Å². The summed E-state index contributed by atoms with van der Waals surface area (Å²) in [4.78, 5) is 4.40. The fraction of sp³-hybridized carbons (Fsp3) is 0.150. The number of para-hydroxylation sites is 2. The molecule has 0 atom stereocenters. The Bertz CT molecular complexity index is 1050. The zero-order valence-corrected chi connectivity index (χ0v) is 16.2. The SMILES string of the molecule is COc1ccccc1Nc1ccc(NS(=O)(=O)c2ccc(C)c(C)c2)nc1. The topological polar surface area (TPSA) is 80.3 Å². The van der Waals surface area contributed by atoms with Crippen molar-refractivity contribution < 1.29 is 13.2 Å². The number of benzene rings is 2. The van der Waals surface area contributed by atoms with Gasteiger partial charge in [-0.05, 0) is 61.4 Å². The van der Waals surface area contributed by atoms with E-state index in [9.17, 15) is 8.42 Å². The second kappa shape index (κ2) is 7.67. The number of sulfonamides is 1. The van der Waals surface area contributed by atoms with Crippen LogP contribution in [0.3, 0.4) is 0 Å². The lowest BCUT2D eigenvalue weighted by molar-refractivity contribution is 0.417. The number of ether oxygens (including phenoxy) is 1. The molecule has 7 heteroatoms. The number of nitrogens with one attached hydrogen (secondary N) is 2. The van der Waals surface area contributed by atoms with Gasteiger partial charge in [0.2, 0.25) is 0 Å². The normalized spacial score (nSPS) is 11.1. The van der Waals surface area contributed by atoms with Crippen LogP contribution < -0.4 is 14.8 Å². The van der Waals surface area contributed by atoms with Crippen LogP contribution in [0.15, 0.2) is 65.7 Å². The van der Waals surface area contributed by atoms with E-state index in [0.717, 1.165) is 16.8 Å². The Hall–Kier alpha value is -3.06. The Kier molecular flexibility index (Phi) is 5.32. The Morgan fingerprint density at radius 2 is 1.74 bits per heavy atom. The molecule has 2 N–H and O–H groups in total. The molecule has 0 spiro atoms. The maximum atomic E-state index is 12.5. The largest absolute Gasteiger partial charge is 0.495 e. The molecule has 0 radical (unpaired) electrons. The third-order valence-corrected chi connectivity index (χ3v) is 5.53. The molecule has 27 heavy (non-hydrogen) atoms. The summed E-state index contributed by atoms with van der Waals surface area (Å²) in [6, 6.07) is 15.9. The van der Waals surface area contributed by atoms with Crippen molar-refractivity contribution in [1.82, 2.24) is 4.98 Å². The van der Waals surface area contributed by atoms with Crippen molar-refractivity contribution in [3.8, 4) is 5.75 Å². The summed E-state index contributed by atoms with van der Waals surface area (Å²) in [5.74, 6) is 0.954. The van der Waals surface area contributed by atoms with Gasteiger partial charge in [0.1, 0.15) is 11.6 Å². The highest BCUT2D eigenvalue weighted by Crippen LogP contribution is 2.27. The van der Waals surface area contributed by atoms with Gasteiger partial charge in [0.15, 0.2) is 0 Å². The summed E-state index contributed by atoms with van der Waals surface area (Å²) in [5, 5.41) is 3.19. The number of methoxy groups -OCH3 is 1. The Balaban J connectivity index is 1.76. The van der Waals surface area contributed by atoms with E-state index in [1.165, 1.54) is 0 Å². The van der Waals surface area contributed by atoms with Crippen LogP contribution in [0.2, 0.25) is 0 Å². The Labute approximate surface area is 159 Å². The van der Waals surface area contributed by atoms with Crippen LogP contribution in [0.25, 0.3) is 0 Å². The maximum Gasteiger partial charge on any atom is 0.263 e. The second-order valence-electron chi connectivity index (χ2n) is 6.11. The van der Waals surface area contributed by atoms with Crippen LogP contribution >= 0.6 is 0 Å². The lowest BCUT2D eigenvalue weighted by Gasteiger charge is -2.12. The van der Waals surface area contributed by atoms with Gasteiger partial charge in [-0.3, -0.25) is 4.72 Å². The molecule has 2 aromatic carbocycles. The first-order valence-electron chi connectivity index (χ1n) is 8.35. The second-order valence-corrected chi connectivity index (χ2v) is 7.79. The first-order valence-corrected chi connectivity index (χ1v) is 9.83. The molecule has 6 nitrogen and oxygen atoms in total. The summed E-state index contributed by atoms with van der Waals surface area (Å²) in [7, 11) is -2.09. The monoisotopic (exact) mass is 383 g/mol. The fourth-order valence-corrected chi connectivity index (χ4v) is 3.60. The molecule has 0 saturated carbocycles. The standard InChI is InChI=1S/C20H21N3O3S/c1-14-8-10-17(12-15(14)2)27(24,25)23-20-11-9-16(13-21-20)22-18-6-4-5-7-19(18)26-3/h4-13,22H,1-3H3,(H,21,23). The van der Waals surface area contributed by atoms with Crippen LogP contribution in [-0.4, -0.2) is 20.5 Å². The molecule has 0 aliphatic rings. The van der Waals surface area contributed by atoms with Crippen molar-refractivity contribution in [3.63, 3.8) is 0 Å². The smallest absolute Gasteiger partial charge is 0.263 e. The van der Waals surface area contributed by atoms with Gasteiger partial charge >= 0.3 is 0 Å². The zero-order valence-electron chi connectivity index (χ0n) is 15.4. The first kappa shape index (κ1) is 18.7. The molecule has 0 fully saturated rings. The van der Waals surface area contributed by atoms with Gasteiger partial charge in [-0.2, -0.15) is 0 Å². The predicted octanol–water partition coefficient (Wildman–Crippen LogP) is 4.25. The maximum absolute atomic E-state index is 12.5. The van der Waals surface area contributed by atoms with Crippen LogP contribution in [0, 0.1) is 13.8 Å². The van der Waals surface area contributed by atoms with E-state index in [1.54, 1.807) is 43.6 Å². The van der Waals surface area contributed by atoms with E-state index < -0.39 is 10.0 Å². The molecular formula is C20H21N3O3S. The van der Waals surface area contributed by atoms with E-state index in [2.05, 4.69) is 15.0 Å². The van der Waals surface area contributed by atoms with Crippen molar-refractivity contribution in [3.05, 3.63) is 71.9 Å². The molecule has 140 valence electrons. The summed E-state index contributed by atoms with van der Waals surface area (Å²) < 4.78 is 32.9. The third kappa shape index (κ3) is 4.38. The summed E-state index contributed by atoms with van der Waals surface area (Å²) in [6.45, 7) is 3.82. The number of anilines is 3. The van der Waals surface area contributed by atoms with Crippen LogP contribution in [0.1, 0.15) is 11.1 Å². The number of aryl methyl sites for hydroxylation is 2. The summed E-state index contributed by atoms with van der Waals surface area (Å²) >= 11 is 0. The molecule has 0 bridgehead atoms. The Morgan fingerprint density at radius 1 is 0.963 bits per heavy atom. The molecule has 0 aliphatic carbocycles. The molecular weight excluding hydrogens is 362 g/mol. The number of hydrogen-bond donors (Lipinski definition) is 2. The first-order chi connectivity index (χ1) is 12.9. The van der Waals surface area contributed by atoms with E-state index in [-0.39, 0.29) is 10.7 Å². The minimum atomic E-state index is -3.69. The predicted molar refractivity (Wildman–Crippen MR) is 107 cm³/mol. The van der Waals surface area contributed by atoms with E-state index >= 15 is 0 Å². The Morgan fingerprint density at radius 3 is 2.41 bits per heavy atom. The van der Waals surface area contributed by atoms with Crippen molar-refractivity contribution in [2.24, 2.45) is 0 Å². The zero-order chi connectivity index (χ0) is 19.4. The van der Waals surface area contributed by atoms with E-state index in [1.807, 2.05) is 38.1 Å². The minimum absolute atomic E-state index is 0.212. The molecule has 0 aliphatic heterocycles. The third-order valence-electron chi connectivity index (χ3n) is 4.18. The molecule has 0 saturated heterocycles. The van der Waals surface area contributed by atoms with Crippen molar-refractivity contribution >= 4 is 27.2 Å². The number of hydrogen-bond acceptors (Lipinski definition) is 5. The lowest BCUT2D eigenvalue weighted by Crippen LogP contribution is -2.14. The van der Waals surface area contributed by atoms with Crippen molar-refractivity contribution in [2.45, 2.75) is 18.7 Å². The molecule has 0 amide bonds. The minimum Gasteiger partial charge on any atom is -0.495 e. The quantitative estimate of drug-likeness (QED) is 0.665. The molecule has 1 heterocycles. The summed E-state index contributed by atoms with van der Waals surface area (Å²) in [6.07, 6.45) is 1.56. The van der Waals surface area contributed by atoms with Gasteiger partial charge in [-0.1, -0.05) is 18.2 Å². The highest BCUT2D eigenvalue weighted by Gasteiger charge is 2.15. The van der Waals surface area contributed by atoms with Gasteiger partial charge in [0.05, 0.1) is 29.6 Å². The average Bonchev–Trinajstić information content (AvgIpc) is 2.65.